The van der Waals surface area contributed by atoms with Gasteiger partial charge in [0.25, 0.3) is 0 Å². The molecule has 0 bridgehead atoms. The van der Waals surface area contributed by atoms with E-state index in [1.807, 2.05) is 24.7 Å². The Morgan fingerprint density at radius 2 is 2.14 bits per heavy atom. The number of anilines is 2. The fraction of sp³-hybridized carbons (Fsp3) is 0.500. The number of imidazole rings is 1. The van der Waals surface area contributed by atoms with Crippen LogP contribution in [0.4, 0.5) is 11.8 Å². The van der Waals surface area contributed by atoms with Gasteiger partial charge in [0.05, 0.1) is 6.33 Å². The molecule has 3 aromatic rings. The lowest BCUT2D eigenvalue weighted by molar-refractivity contribution is 0.402. The Hall–Kier alpha value is -2.74. The zero-order valence-electron chi connectivity index (χ0n) is 16.5. The SMILES string of the molecule is CC(C)n1cnc2c(NCc3cccnc3)nc(N[C@@H]3CCCC[C@@H]3N)nc21.[HH]. The van der Waals surface area contributed by atoms with Gasteiger partial charge in [0.2, 0.25) is 5.95 Å². The zero-order chi connectivity index (χ0) is 19.5. The predicted octanol–water partition coefficient (Wildman–Crippen LogP) is 3.34. The summed E-state index contributed by atoms with van der Waals surface area (Å²) in [6.45, 7) is 4.86. The van der Waals surface area contributed by atoms with Crippen molar-refractivity contribution in [3.63, 3.8) is 0 Å². The standard InChI is InChI=1S/C20H28N8.H2/c1-13(2)28-12-24-17-18(23-11-14-6-5-9-22-10-14)26-20(27-19(17)28)25-16-8-4-3-7-15(16)21;/h5-6,9-10,12-13,15-16H,3-4,7-8,11,21H2,1-2H3,(H2,23,25,26,27);1H/t15-,16+;/m0./s1. The van der Waals surface area contributed by atoms with E-state index in [-0.39, 0.29) is 19.6 Å². The van der Waals surface area contributed by atoms with Crippen LogP contribution in [0.3, 0.4) is 0 Å². The molecule has 1 fully saturated rings. The first-order chi connectivity index (χ1) is 13.6. The lowest BCUT2D eigenvalue weighted by Crippen LogP contribution is -2.43. The van der Waals surface area contributed by atoms with Crippen molar-refractivity contribution in [3.8, 4) is 0 Å². The van der Waals surface area contributed by atoms with Gasteiger partial charge in [-0.05, 0) is 38.3 Å². The second-order valence-electron chi connectivity index (χ2n) is 7.73. The molecule has 8 nitrogen and oxygen atoms in total. The zero-order valence-corrected chi connectivity index (χ0v) is 16.5. The molecule has 0 aliphatic heterocycles. The van der Waals surface area contributed by atoms with Crippen molar-refractivity contribution in [2.45, 2.75) is 64.2 Å². The van der Waals surface area contributed by atoms with Crippen LogP contribution in [0.15, 0.2) is 30.9 Å². The van der Waals surface area contributed by atoms with Gasteiger partial charge < -0.3 is 20.9 Å². The highest BCUT2D eigenvalue weighted by molar-refractivity contribution is 5.84. The largest absolute Gasteiger partial charge is 0.364 e. The van der Waals surface area contributed by atoms with Crippen LogP contribution >= 0.6 is 0 Å². The van der Waals surface area contributed by atoms with E-state index in [2.05, 4.69) is 39.0 Å². The second kappa shape index (κ2) is 8.10. The average molecular weight is 383 g/mol. The van der Waals surface area contributed by atoms with Crippen molar-refractivity contribution in [1.29, 1.82) is 0 Å². The fourth-order valence-electron chi connectivity index (χ4n) is 3.68. The fourth-order valence-corrected chi connectivity index (χ4v) is 3.68. The first-order valence-corrected chi connectivity index (χ1v) is 10.0. The predicted molar refractivity (Wildman–Crippen MR) is 113 cm³/mol. The monoisotopic (exact) mass is 382 g/mol. The number of hydrogen-bond acceptors (Lipinski definition) is 7. The van der Waals surface area contributed by atoms with Crippen LogP contribution in [-0.2, 0) is 6.54 Å². The van der Waals surface area contributed by atoms with E-state index in [0.717, 1.165) is 35.4 Å². The number of hydrogen-bond donors (Lipinski definition) is 3. The van der Waals surface area contributed by atoms with Crippen molar-refractivity contribution in [2.75, 3.05) is 10.6 Å². The number of pyridine rings is 1. The van der Waals surface area contributed by atoms with Crippen molar-refractivity contribution in [3.05, 3.63) is 36.4 Å². The maximum absolute atomic E-state index is 6.31. The molecule has 1 aliphatic rings. The molecule has 0 radical (unpaired) electrons. The molecule has 8 heteroatoms. The number of nitrogens with zero attached hydrogens (tertiary/aromatic N) is 5. The molecule has 3 heterocycles. The quantitative estimate of drug-likeness (QED) is 0.600. The molecule has 1 saturated carbocycles. The molecule has 28 heavy (non-hydrogen) atoms. The van der Waals surface area contributed by atoms with Crippen LogP contribution in [-0.4, -0.2) is 36.6 Å². The van der Waals surface area contributed by atoms with Gasteiger partial charge in [-0.1, -0.05) is 18.9 Å². The van der Waals surface area contributed by atoms with Gasteiger partial charge >= 0.3 is 0 Å². The molecule has 0 saturated heterocycles. The highest BCUT2D eigenvalue weighted by Gasteiger charge is 2.23. The average Bonchev–Trinajstić information content (AvgIpc) is 3.13. The topological polar surface area (TPSA) is 107 Å². The molecular formula is C20H30N8. The number of rotatable bonds is 6. The summed E-state index contributed by atoms with van der Waals surface area (Å²) in [5, 5.41) is 6.88. The third-order valence-electron chi connectivity index (χ3n) is 5.29. The molecule has 2 atom stereocenters. The van der Waals surface area contributed by atoms with Crippen LogP contribution in [0.2, 0.25) is 0 Å². The van der Waals surface area contributed by atoms with E-state index in [1.165, 1.54) is 12.8 Å². The minimum Gasteiger partial charge on any atom is -0.364 e. The first-order valence-electron chi connectivity index (χ1n) is 10.0. The second-order valence-corrected chi connectivity index (χ2v) is 7.73. The Morgan fingerprint density at radius 1 is 1.29 bits per heavy atom. The van der Waals surface area contributed by atoms with Gasteiger partial charge in [0, 0.05) is 38.5 Å². The molecule has 0 unspecified atom stereocenters. The summed E-state index contributed by atoms with van der Waals surface area (Å²) in [5.41, 5.74) is 9.00. The molecule has 4 rings (SSSR count). The van der Waals surface area contributed by atoms with E-state index in [0.29, 0.717) is 12.5 Å². The normalized spacial score (nSPS) is 19.9. The highest BCUT2D eigenvalue weighted by Crippen LogP contribution is 2.26. The Labute approximate surface area is 166 Å². The smallest absolute Gasteiger partial charge is 0.227 e. The molecular weight excluding hydrogens is 352 g/mol. The third-order valence-corrected chi connectivity index (χ3v) is 5.29. The van der Waals surface area contributed by atoms with E-state index >= 15 is 0 Å². The van der Waals surface area contributed by atoms with E-state index < -0.39 is 0 Å². The van der Waals surface area contributed by atoms with Gasteiger partial charge in [-0.15, -0.1) is 0 Å². The van der Waals surface area contributed by atoms with Gasteiger partial charge in [-0.3, -0.25) is 4.98 Å². The molecule has 150 valence electrons. The Kier molecular flexibility index (Phi) is 5.38. The summed E-state index contributed by atoms with van der Waals surface area (Å²) in [6.07, 6.45) is 9.90. The van der Waals surface area contributed by atoms with Crippen LogP contribution in [0.5, 0.6) is 0 Å². The molecule has 1 aliphatic carbocycles. The lowest BCUT2D eigenvalue weighted by atomic mass is 9.91. The molecule has 3 aromatic heterocycles. The Balaban J connectivity index is 0.00000240. The molecule has 0 aromatic carbocycles. The van der Waals surface area contributed by atoms with E-state index in [1.54, 1.807) is 6.20 Å². The van der Waals surface area contributed by atoms with Crippen LogP contribution in [0.1, 0.15) is 52.6 Å². The van der Waals surface area contributed by atoms with E-state index in [4.69, 9.17) is 15.7 Å². The maximum atomic E-state index is 6.31. The third kappa shape index (κ3) is 3.91. The number of fused-ring (bicyclic) bond motifs is 1. The number of nitrogens with two attached hydrogens (primary N) is 1. The Morgan fingerprint density at radius 3 is 2.89 bits per heavy atom. The number of aromatic nitrogens is 5. The summed E-state index contributed by atoms with van der Waals surface area (Å²) in [5.74, 6) is 1.33. The Bertz CT molecular complexity index is 927. The summed E-state index contributed by atoms with van der Waals surface area (Å²) >= 11 is 0. The van der Waals surface area contributed by atoms with Crippen molar-refractivity contribution in [1.82, 2.24) is 24.5 Å². The van der Waals surface area contributed by atoms with Crippen LogP contribution < -0.4 is 16.4 Å². The van der Waals surface area contributed by atoms with Gasteiger partial charge in [-0.25, -0.2) is 4.98 Å². The van der Waals surface area contributed by atoms with E-state index in [9.17, 15) is 0 Å². The number of nitrogens with one attached hydrogen (secondary N) is 2. The summed E-state index contributed by atoms with van der Waals surface area (Å²) in [4.78, 5) is 18.2. The minimum absolute atomic E-state index is 0. The molecule has 0 spiro atoms. The first kappa shape index (κ1) is 18.6. The van der Waals surface area contributed by atoms with Gasteiger partial charge in [0.15, 0.2) is 17.0 Å². The van der Waals surface area contributed by atoms with Gasteiger partial charge in [0.1, 0.15) is 0 Å². The highest BCUT2D eigenvalue weighted by atomic mass is 15.2. The lowest BCUT2D eigenvalue weighted by Gasteiger charge is -2.29. The van der Waals surface area contributed by atoms with Gasteiger partial charge in [-0.2, -0.15) is 9.97 Å². The van der Waals surface area contributed by atoms with Crippen molar-refractivity contribution >= 4 is 22.9 Å². The maximum Gasteiger partial charge on any atom is 0.227 e. The molecule has 4 N–H and O–H groups in total. The van der Waals surface area contributed by atoms with Crippen molar-refractivity contribution in [2.24, 2.45) is 5.73 Å². The summed E-state index contributed by atoms with van der Waals surface area (Å²) in [6, 6.07) is 4.56. The molecule has 0 amide bonds. The summed E-state index contributed by atoms with van der Waals surface area (Å²) < 4.78 is 2.07. The summed E-state index contributed by atoms with van der Waals surface area (Å²) in [7, 11) is 0. The minimum atomic E-state index is 0. The van der Waals surface area contributed by atoms with Crippen LogP contribution in [0, 0.1) is 0 Å². The van der Waals surface area contributed by atoms with Crippen molar-refractivity contribution < 1.29 is 1.43 Å². The van der Waals surface area contributed by atoms with Crippen LogP contribution in [0.25, 0.3) is 11.2 Å².